The number of nitrogens with one attached hydrogen (secondary N) is 2. The molecule has 0 aliphatic heterocycles. The van der Waals surface area contributed by atoms with Gasteiger partial charge in [-0.05, 0) is 43.3 Å². The average molecular weight is 478 g/mol. The van der Waals surface area contributed by atoms with Crippen LogP contribution in [0.5, 0.6) is 0 Å². The van der Waals surface area contributed by atoms with Crippen molar-refractivity contribution >= 4 is 35.5 Å². The van der Waals surface area contributed by atoms with Gasteiger partial charge >= 0.3 is 23.9 Å². The van der Waals surface area contributed by atoms with Crippen LogP contribution in [0.1, 0.15) is 42.5 Å². The van der Waals surface area contributed by atoms with Crippen LogP contribution >= 0.6 is 0 Å². The van der Waals surface area contributed by atoms with E-state index in [1.165, 1.54) is 31.3 Å². The highest BCUT2D eigenvalue weighted by atomic mass is 16.4. The average Bonchev–Trinajstić information content (AvgIpc) is 2.78. The number of azide groups is 1. The molecule has 0 heterocycles. The molecule has 5 N–H and O–H groups in total. The number of unbranched alkanes of at least 4 members (excludes halogenated alkanes) is 1. The molecule has 2 unspecified atom stereocenters. The molecule has 0 fully saturated rings. The van der Waals surface area contributed by atoms with Crippen molar-refractivity contribution in [1.82, 2.24) is 15.5 Å². The summed E-state index contributed by atoms with van der Waals surface area (Å²) in [6.07, 6.45) is -0.0317. The van der Waals surface area contributed by atoms with Crippen LogP contribution in [0.3, 0.4) is 0 Å². The summed E-state index contributed by atoms with van der Waals surface area (Å²) in [6, 6.07) is 2.28. The summed E-state index contributed by atoms with van der Waals surface area (Å²) in [5.74, 6) is -4.31. The number of carbonyl (C=O) groups is 5. The van der Waals surface area contributed by atoms with Gasteiger partial charge in [0.2, 0.25) is 0 Å². The summed E-state index contributed by atoms with van der Waals surface area (Å²) < 4.78 is 0. The van der Waals surface area contributed by atoms with E-state index in [0.29, 0.717) is 24.1 Å². The van der Waals surface area contributed by atoms with Crippen molar-refractivity contribution < 1.29 is 39.3 Å². The standard InChI is InChI=1S/C20H26N6O8/c1-26(20(34)23-14(18(30)31)9-10-16(27)28)15(19(32)33)4-2-3-11-22-17(29)12-5-7-13(8-6-12)24-25-21/h5-8,14-15H,2-4,9-11H2,1H3,(H,22,29)(H,23,34)(H,27,28)(H,30,31)(H,32,33). The van der Waals surface area contributed by atoms with Crippen LogP contribution in [-0.4, -0.2) is 75.7 Å². The highest BCUT2D eigenvalue weighted by molar-refractivity contribution is 5.94. The molecule has 0 saturated heterocycles. The first-order chi connectivity index (χ1) is 16.1. The van der Waals surface area contributed by atoms with Crippen molar-refractivity contribution in [3.05, 3.63) is 40.3 Å². The number of carboxylic acids is 3. The number of hydrogen-bond acceptors (Lipinski definition) is 6. The Hall–Kier alpha value is -4.32. The first-order valence-electron chi connectivity index (χ1n) is 10.2. The van der Waals surface area contributed by atoms with E-state index in [1.807, 2.05) is 0 Å². The maximum Gasteiger partial charge on any atom is 0.326 e. The van der Waals surface area contributed by atoms with Gasteiger partial charge in [0.05, 0.1) is 0 Å². The summed E-state index contributed by atoms with van der Waals surface area (Å²) in [7, 11) is 1.20. The second-order valence-corrected chi connectivity index (χ2v) is 7.23. The first-order valence-corrected chi connectivity index (χ1v) is 10.2. The lowest BCUT2D eigenvalue weighted by molar-refractivity contribution is -0.142. The molecule has 0 radical (unpaired) electrons. The Bertz CT molecular complexity index is 945. The minimum Gasteiger partial charge on any atom is -0.481 e. The molecule has 0 saturated carbocycles. The number of urea groups is 1. The summed E-state index contributed by atoms with van der Waals surface area (Å²) in [4.78, 5) is 61.4. The van der Waals surface area contributed by atoms with Crippen LogP contribution in [0.4, 0.5) is 10.5 Å². The Kier molecular flexibility index (Phi) is 11.4. The Morgan fingerprint density at radius 3 is 2.21 bits per heavy atom. The van der Waals surface area contributed by atoms with Gasteiger partial charge in [0.1, 0.15) is 12.1 Å². The highest BCUT2D eigenvalue weighted by Crippen LogP contribution is 2.13. The number of amides is 3. The number of carbonyl (C=O) groups excluding carboxylic acids is 2. The minimum absolute atomic E-state index is 0.0445. The van der Waals surface area contributed by atoms with E-state index in [2.05, 4.69) is 20.7 Å². The zero-order chi connectivity index (χ0) is 25.7. The molecule has 0 aliphatic rings. The number of aliphatic carboxylic acids is 3. The van der Waals surface area contributed by atoms with E-state index in [-0.39, 0.29) is 25.3 Å². The number of rotatable bonds is 14. The molecule has 14 heteroatoms. The number of carboxylic acid groups (broad SMARTS) is 3. The van der Waals surface area contributed by atoms with E-state index in [4.69, 9.17) is 15.7 Å². The molecule has 34 heavy (non-hydrogen) atoms. The predicted octanol–water partition coefficient (Wildman–Crippen LogP) is 1.94. The van der Waals surface area contributed by atoms with Gasteiger partial charge in [-0.2, -0.15) is 0 Å². The molecule has 1 rings (SSSR count). The predicted molar refractivity (Wildman–Crippen MR) is 117 cm³/mol. The van der Waals surface area contributed by atoms with Crippen LogP contribution in [-0.2, 0) is 14.4 Å². The van der Waals surface area contributed by atoms with Crippen molar-refractivity contribution in [2.45, 2.75) is 44.2 Å². The van der Waals surface area contributed by atoms with Crippen LogP contribution in [0.15, 0.2) is 29.4 Å². The topological polar surface area (TPSA) is 222 Å². The summed E-state index contributed by atoms with van der Waals surface area (Å²) in [5.41, 5.74) is 9.10. The lowest BCUT2D eigenvalue weighted by Gasteiger charge is -2.26. The van der Waals surface area contributed by atoms with Crippen LogP contribution < -0.4 is 10.6 Å². The molecule has 3 amide bonds. The Morgan fingerprint density at radius 2 is 1.68 bits per heavy atom. The normalized spacial score (nSPS) is 11.9. The second kappa shape index (κ2) is 14.0. The quantitative estimate of drug-likeness (QED) is 0.115. The SMILES string of the molecule is CN(C(=O)NC(CCC(=O)O)C(=O)O)C(CCCCNC(=O)c1ccc(N=[N+]=[N-])cc1)C(=O)O. The zero-order valence-corrected chi connectivity index (χ0v) is 18.4. The molecular formula is C20H26N6O8. The first kappa shape index (κ1) is 27.7. The number of likely N-dealkylation sites (N-methyl/N-ethyl adjacent to an activating group) is 1. The number of hydrogen-bond donors (Lipinski definition) is 5. The van der Waals surface area contributed by atoms with Gasteiger partial charge in [-0.3, -0.25) is 9.59 Å². The molecular weight excluding hydrogens is 452 g/mol. The fourth-order valence-corrected chi connectivity index (χ4v) is 2.90. The molecule has 2 atom stereocenters. The van der Waals surface area contributed by atoms with Gasteiger partial charge in [-0.15, -0.1) is 0 Å². The van der Waals surface area contributed by atoms with Gasteiger partial charge < -0.3 is 30.9 Å². The van der Waals surface area contributed by atoms with E-state index in [1.54, 1.807) is 0 Å². The smallest absolute Gasteiger partial charge is 0.326 e. The summed E-state index contributed by atoms with van der Waals surface area (Å²) in [6.45, 7) is 0.245. The summed E-state index contributed by atoms with van der Waals surface area (Å²) in [5, 5.41) is 35.5. The molecule has 0 aliphatic carbocycles. The van der Waals surface area contributed by atoms with Crippen molar-refractivity contribution in [2.24, 2.45) is 5.11 Å². The fourth-order valence-electron chi connectivity index (χ4n) is 2.90. The van der Waals surface area contributed by atoms with Crippen molar-refractivity contribution in [1.29, 1.82) is 0 Å². The Balaban J connectivity index is 2.53. The Morgan fingerprint density at radius 1 is 1.03 bits per heavy atom. The van der Waals surface area contributed by atoms with Crippen LogP contribution in [0.25, 0.3) is 10.4 Å². The lowest BCUT2D eigenvalue weighted by atomic mass is 10.1. The number of benzene rings is 1. The van der Waals surface area contributed by atoms with Crippen molar-refractivity contribution in [3.8, 4) is 0 Å². The minimum atomic E-state index is -1.48. The fraction of sp³-hybridized carbons (Fsp3) is 0.450. The van der Waals surface area contributed by atoms with E-state index in [9.17, 15) is 29.1 Å². The van der Waals surface area contributed by atoms with Gasteiger partial charge in [0.25, 0.3) is 5.91 Å². The van der Waals surface area contributed by atoms with Gasteiger partial charge in [0, 0.05) is 36.2 Å². The van der Waals surface area contributed by atoms with E-state index < -0.39 is 42.4 Å². The van der Waals surface area contributed by atoms with Gasteiger partial charge in [-0.1, -0.05) is 17.2 Å². The van der Waals surface area contributed by atoms with Crippen LogP contribution in [0, 0.1) is 0 Å². The molecule has 184 valence electrons. The molecule has 1 aromatic carbocycles. The van der Waals surface area contributed by atoms with Crippen molar-refractivity contribution in [3.63, 3.8) is 0 Å². The third-order valence-electron chi connectivity index (χ3n) is 4.80. The van der Waals surface area contributed by atoms with Gasteiger partial charge in [0.15, 0.2) is 0 Å². The molecule has 0 aromatic heterocycles. The molecule has 1 aromatic rings. The zero-order valence-electron chi connectivity index (χ0n) is 18.4. The third-order valence-corrected chi connectivity index (χ3v) is 4.80. The monoisotopic (exact) mass is 478 g/mol. The lowest BCUT2D eigenvalue weighted by Crippen LogP contribution is -2.52. The third kappa shape index (κ3) is 9.44. The van der Waals surface area contributed by atoms with Crippen molar-refractivity contribution in [2.75, 3.05) is 13.6 Å². The second-order valence-electron chi connectivity index (χ2n) is 7.23. The molecule has 0 spiro atoms. The highest BCUT2D eigenvalue weighted by Gasteiger charge is 2.29. The molecule has 14 nitrogen and oxygen atoms in total. The maximum absolute atomic E-state index is 12.3. The summed E-state index contributed by atoms with van der Waals surface area (Å²) >= 11 is 0. The van der Waals surface area contributed by atoms with E-state index >= 15 is 0 Å². The Labute approximate surface area is 194 Å². The number of nitrogens with zero attached hydrogens (tertiary/aromatic N) is 4. The van der Waals surface area contributed by atoms with Gasteiger partial charge in [-0.25, -0.2) is 14.4 Å². The largest absolute Gasteiger partial charge is 0.481 e. The van der Waals surface area contributed by atoms with E-state index in [0.717, 1.165) is 4.90 Å². The van der Waals surface area contributed by atoms with Crippen LogP contribution in [0.2, 0.25) is 0 Å². The molecule has 0 bridgehead atoms. The maximum atomic E-state index is 12.3.